The van der Waals surface area contributed by atoms with Gasteiger partial charge in [-0.05, 0) is 43.0 Å². The highest BCUT2D eigenvalue weighted by molar-refractivity contribution is 5.97. The highest BCUT2D eigenvalue weighted by Crippen LogP contribution is 2.28. The number of hydrogen-bond acceptors (Lipinski definition) is 5. The molecular formula is C22H29FN4O3. The first-order valence-corrected chi connectivity index (χ1v) is 10.1. The monoisotopic (exact) mass is 416 g/mol. The predicted octanol–water partition coefficient (Wildman–Crippen LogP) is 2.81. The molecule has 0 fully saturated rings. The van der Waals surface area contributed by atoms with Crippen molar-refractivity contribution in [2.45, 2.75) is 53.2 Å². The van der Waals surface area contributed by atoms with Crippen LogP contribution in [-0.2, 0) is 22.6 Å². The van der Waals surface area contributed by atoms with Crippen LogP contribution in [0.25, 0.3) is 11.4 Å². The Labute approximate surface area is 176 Å². The Morgan fingerprint density at radius 3 is 2.70 bits per heavy atom. The topological polar surface area (TPSA) is 85.2 Å². The van der Waals surface area contributed by atoms with Gasteiger partial charge in [-0.25, -0.2) is 14.2 Å². The minimum absolute atomic E-state index is 0.192. The van der Waals surface area contributed by atoms with Crippen molar-refractivity contribution in [3.63, 3.8) is 0 Å². The quantitative estimate of drug-likeness (QED) is 0.749. The molecule has 8 heteroatoms. The molecule has 2 N–H and O–H groups in total. The molecule has 0 radical (unpaired) electrons. The maximum Gasteiger partial charge on any atom is 0.328 e. The lowest BCUT2D eigenvalue weighted by Gasteiger charge is -2.28. The molecule has 3 rings (SSSR count). The van der Waals surface area contributed by atoms with Crippen LogP contribution in [0.2, 0.25) is 0 Å². The Kier molecular flexibility index (Phi) is 6.26. The number of rotatable bonds is 4. The molecule has 1 aliphatic heterocycles. The number of amides is 1. The van der Waals surface area contributed by atoms with Crippen LogP contribution >= 0.6 is 0 Å². The number of aryl methyl sites for hydroxylation is 1. The highest BCUT2D eigenvalue weighted by atomic mass is 19.1. The molecule has 0 saturated heterocycles. The van der Waals surface area contributed by atoms with Gasteiger partial charge in [0.25, 0.3) is 5.91 Å². The number of methoxy groups -OCH3 is 1. The van der Waals surface area contributed by atoms with E-state index in [1.54, 1.807) is 6.07 Å². The Hall–Kier alpha value is -2.74. The minimum atomic E-state index is -0.842. The van der Waals surface area contributed by atoms with Gasteiger partial charge in [0.15, 0.2) is 5.69 Å². The Morgan fingerprint density at radius 1 is 1.33 bits per heavy atom. The number of nitrogens with zero attached hydrogens (tertiary/aromatic N) is 2. The number of nitrogens with one attached hydrogen (secondary N) is 2. The Bertz CT molecular complexity index is 962. The number of benzene rings is 1. The van der Waals surface area contributed by atoms with E-state index < -0.39 is 23.3 Å². The van der Waals surface area contributed by atoms with Gasteiger partial charge in [0, 0.05) is 13.1 Å². The number of carbonyl (C=O) groups excluding carboxylic acids is 2. The summed E-state index contributed by atoms with van der Waals surface area (Å²) in [4.78, 5) is 30.0. The number of imidazole rings is 1. The summed E-state index contributed by atoms with van der Waals surface area (Å²) in [5, 5.41) is 6.05. The number of ether oxygens (including phenoxy) is 1. The van der Waals surface area contributed by atoms with E-state index in [0.29, 0.717) is 30.2 Å². The van der Waals surface area contributed by atoms with Gasteiger partial charge >= 0.3 is 5.97 Å². The molecule has 30 heavy (non-hydrogen) atoms. The Balaban J connectivity index is 2.05. The summed E-state index contributed by atoms with van der Waals surface area (Å²) in [6, 6.07) is 4.12. The van der Waals surface area contributed by atoms with Gasteiger partial charge in [0.1, 0.15) is 17.7 Å². The molecule has 162 valence electrons. The van der Waals surface area contributed by atoms with Gasteiger partial charge in [0.2, 0.25) is 0 Å². The SMILES string of the molecule is COC(=O)C(NC(=O)c1nc(-c2ccc(C)cc2F)n2c1CNCCC2)C(C)(C)C. The molecule has 1 aromatic carbocycles. The number of halogens is 1. The zero-order chi connectivity index (χ0) is 22.1. The largest absolute Gasteiger partial charge is 0.467 e. The van der Waals surface area contributed by atoms with Gasteiger partial charge in [-0.15, -0.1) is 0 Å². The van der Waals surface area contributed by atoms with E-state index in [-0.39, 0.29) is 11.5 Å². The molecule has 2 aromatic rings. The number of hydrogen-bond donors (Lipinski definition) is 2. The second kappa shape index (κ2) is 8.55. The number of esters is 1. The molecular weight excluding hydrogens is 387 g/mol. The van der Waals surface area contributed by atoms with Gasteiger partial charge in [-0.3, -0.25) is 4.79 Å². The summed E-state index contributed by atoms with van der Waals surface area (Å²) in [7, 11) is 1.29. The number of carbonyl (C=O) groups is 2. The molecule has 7 nitrogen and oxygen atoms in total. The average Bonchev–Trinajstić information content (AvgIpc) is 2.85. The van der Waals surface area contributed by atoms with Gasteiger partial charge in [-0.1, -0.05) is 26.8 Å². The van der Waals surface area contributed by atoms with Crippen LogP contribution in [0.15, 0.2) is 18.2 Å². The number of aromatic nitrogens is 2. The van der Waals surface area contributed by atoms with Crippen molar-refractivity contribution >= 4 is 11.9 Å². The summed E-state index contributed by atoms with van der Waals surface area (Å²) in [5.74, 6) is -0.966. The molecule has 1 unspecified atom stereocenters. The van der Waals surface area contributed by atoms with E-state index in [0.717, 1.165) is 18.5 Å². The second-order valence-corrected chi connectivity index (χ2v) is 8.69. The summed E-state index contributed by atoms with van der Waals surface area (Å²) in [6.07, 6.45) is 0.831. The maximum atomic E-state index is 14.7. The first-order chi connectivity index (χ1) is 14.1. The minimum Gasteiger partial charge on any atom is -0.467 e. The molecule has 0 bridgehead atoms. The van der Waals surface area contributed by atoms with Crippen LogP contribution < -0.4 is 10.6 Å². The van der Waals surface area contributed by atoms with E-state index >= 15 is 0 Å². The molecule has 1 aromatic heterocycles. The van der Waals surface area contributed by atoms with Crippen LogP contribution in [0.1, 0.15) is 48.9 Å². The van der Waals surface area contributed by atoms with Crippen molar-refractivity contribution < 1.29 is 18.7 Å². The van der Waals surface area contributed by atoms with Gasteiger partial charge in [-0.2, -0.15) is 0 Å². The van der Waals surface area contributed by atoms with Crippen molar-refractivity contribution in [3.8, 4) is 11.4 Å². The van der Waals surface area contributed by atoms with E-state index in [9.17, 15) is 14.0 Å². The zero-order valence-corrected chi connectivity index (χ0v) is 18.1. The number of fused-ring (bicyclic) bond motifs is 1. The fraction of sp³-hybridized carbons (Fsp3) is 0.500. The lowest BCUT2D eigenvalue weighted by Crippen LogP contribution is -2.50. The highest BCUT2D eigenvalue weighted by Gasteiger charge is 2.35. The lowest BCUT2D eigenvalue weighted by atomic mass is 9.86. The van der Waals surface area contributed by atoms with Gasteiger partial charge in [0.05, 0.1) is 18.4 Å². The average molecular weight is 416 g/mol. The van der Waals surface area contributed by atoms with Crippen molar-refractivity contribution in [1.82, 2.24) is 20.2 Å². The van der Waals surface area contributed by atoms with E-state index in [2.05, 4.69) is 15.6 Å². The second-order valence-electron chi connectivity index (χ2n) is 8.69. The maximum absolute atomic E-state index is 14.7. The van der Waals surface area contributed by atoms with Crippen LogP contribution in [0.3, 0.4) is 0 Å². The third-order valence-electron chi connectivity index (χ3n) is 5.26. The third-order valence-corrected chi connectivity index (χ3v) is 5.26. The predicted molar refractivity (Wildman–Crippen MR) is 111 cm³/mol. The summed E-state index contributed by atoms with van der Waals surface area (Å²) in [5.41, 5.74) is 1.48. The smallest absolute Gasteiger partial charge is 0.328 e. The molecule has 1 amide bonds. The Morgan fingerprint density at radius 2 is 2.07 bits per heavy atom. The third kappa shape index (κ3) is 4.38. The molecule has 0 saturated carbocycles. The fourth-order valence-electron chi connectivity index (χ4n) is 3.61. The van der Waals surface area contributed by atoms with E-state index in [1.807, 2.05) is 38.3 Å². The first-order valence-electron chi connectivity index (χ1n) is 10.1. The molecule has 0 aliphatic carbocycles. The van der Waals surface area contributed by atoms with Crippen LogP contribution in [0.4, 0.5) is 4.39 Å². The van der Waals surface area contributed by atoms with Crippen molar-refractivity contribution in [3.05, 3.63) is 41.0 Å². The molecule has 2 heterocycles. The summed E-state index contributed by atoms with van der Waals surface area (Å²) >= 11 is 0. The standard InChI is InChI=1S/C22H29FN4O3/c1-13-7-8-14(15(23)11-13)19-25-17(16-12-24-9-6-10-27(16)19)20(28)26-18(21(29)30-5)22(2,3)4/h7-8,11,18,24H,6,9-10,12H2,1-5H3,(H,26,28). The fourth-order valence-corrected chi connectivity index (χ4v) is 3.61. The van der Waals surface area contributed by atoms with Crippen LogP contribution in [0.5, 0.6) is 0 Å². The summed E-state index contributed by atoms with van der Waals surface area (Å²) < 4.78 is 21.5. The van der Waals surface area contributed by atoms with Crippen molar-refractivity contribution in [2.75, 3.05) is 13.7 Å². The lowest BCUT2D eigenvalue weighted by molar-refractivity contribution is -0.145. The molecule has 1 atom stereocenters. The first kappa shape index (κ1) is 22.0. The molecule has 1 aliphatic rings. The zero-order valence-electron chi connectivity index (χ0n) is 18.1. The van der Waals surface area contributed by atoms with Crippen molar-refractivity contribution in [1.29, 1.82) is 0 Å². The summed E-state index contributed by atoms with van der Waals surface area (Å²) in [6.45, 7) is 9.19. The van der Waals surface area contributed by atoms with Crippen molar-refractivity contribution in [2.24, 2.45) is 5.41 Å². The van der Waals surface area contributed by atoms with Crippen LogP contribution in [-0.4, -0.2) is 41.1 Å². The van der Waals surface area contributed by atoms with Crippen LogP contribution in [0, 0.1) is 18.2 Å². The molecule has 0 spiro atoms. The van der Waals surface area contributed by atoms with E-state index in [1.165, 1.54) is 13.2 Å². The normalized spacial score (nSPS) is 15.1. The van der Waals surface area contributed by atoms with E-state index in [4.69, 9.17) is 4.74 Å². The van der Waals surface area contributed by atoms with Gasteiger partial charge < -0.3 is 19.9 Å².